The lowest BCUT2D eigenvalue weighted by atomic mass is 10.1. The molecule has 1 amide bonds. The van der Waals surface area contributed by atoms with Crippen LogP contribution in [0.25, 0.3) is 0 Å². The fourth-order valence-electron chi connectivity index (χ4n) is 1.75. The molecule has 0 aliphatic rings. The number of rotatable bonds is 3. The minimum Gasteiger partial charge on any atom is -0.469 e. The molecular weight excluding hydrogens is 294 g/mol. The maximum Gasteiger partial charge on any atom is 0.255 e. The van der Waals surface area contributed by atoms with Crippen molar-refractivity contribution < 1.29 is 9.21 Å². The van der Waals surface area contributed by atoms with Crippen LogP contribution in [-0.4, -0.2) is 5.91 Å². The highest BCUT2D eigenvalue weighted by Crippen LogP contribution is 2.18. The van der Waals surface area contributed by atoms with Crippen LogP contribution >= 0.6 is 15.9 Å². The number of hydrogen-bond acceptors (Lipinski definition) is 2. The van der Waals surface area contributed by atoms with E-state index < -0.39 is 0 Å². The molecule has 0 radical (unpaired) electrons. The van der Waals surface area contributed by atoms with E-state index in [-0.39, 0.29) is 11.9 Å². The molecule has 0 unspecified atom stereocenters. The molecule has 94 valence electrons. The SMILES string of the molecule is Cc1occc1C(=O)N[C@H](C)c1cccc(Br)c1. The van der Waals surface area contributed by atoms with Gasteiger partial charge in [0.25, 0.3) is 5.91 Å². The predicted octanol–water partition coefficient (Wildman–Crippen LogP) is 3.84. The third kappa shape index (κ3) is 2.82. The summed E-state index contributed by atoms with van der Waals surface area (Å²) in [6.07, 6.45) is 1.52. The Kier molecular flexibility index (Phi) is 3.87. The number of carbonyl (C=O) groups excluding carboxylic acids is 1. The smallest absolute Gasteiger partial charge is 0.255 e. The molecule has 2 rings (SSSR count). The largest absolute Gasteiger partial charge is 0.469 e. The first-order chi connectivity index (χ1) is 8.58. The highest BCUT2D eigenvalue weighted by atomic mass is 79.9. The lowest BCUT2D eigenvalue weighted by Crippen LogP contribution is -2.26. The van der Waals surface area contributed by atoms with Gasteiger partial charge < -0.3 is 9.73 Å². The van der Waals surface area contributed by atoms with Gasteiger partial charge in [-0.25, -0.2) is 0 Å². The summed E-state index contributed by atoms with van der Waals surface area (Å²) in [7, 11) is 0. The van der Waals surface area contributed by atoms with Crippen LogP contribution in [-0.2, 0) is 0 Å². The quantitative estimate of drug-likeness (QED) is 0.936. The average molecular weight is 308 g/mol. The van der Waals surface area contributed by atoms with Gasteiger partial charge in [-0.2, -0.15) is 0 Å². The molecule has 0 fully saturated rings. The van der Waals surface area contributed by atoms with Crippen LogP contribution in [0.5, 0.6) is 0 Å². The Morgan fingerprint density at radius 1 is 1.39 bits per heavy atom. The molecule has 3 nitrogen and oxygen atoms in total. The lowest BCUT2D eigenvalue weighted by molar-refractivity contribution is 0.0938. The summed E-state index contributed by atoms with van der Waals surface area (Å²) < 4.78 is 6.12. The molecule has 0 aliphatic carbocycles. The van der Waals surface area contributed by atoms with Gasteiger partial charge in [-0.3, -0.25) is 4.79 Å². The lowest BCUT2D eigenvalue weighted by Gasteiger charge is -2.14. The van der Waals surface area contributed by atoms with E-state index in [2.05, 4.69) is 21.2 Å². The Hall–Kier alpha value is -1.55. The normalized spacial score (nSPS) is 12.2. The second kappa shape index (κ2) is 5.40. The molecule has 18 heavy (non-hydrogen) atoms. The maximum absolute atomic E-state index is 12.0. The fraction of sp³-hybridized carbons (Fsp3) is 0.214. The number of aryl methyl sites for hydroxylation is 1. The van der Waals surface area contributed by atoms with Gasteiger partial charge in [-0.05, 0) is 37.6 Å². The monoisotopic (exact) mass is 307 g/mol. The summed E-state index contributed by atoms with van der Waals surface area (Å²) in [4.78, 5) is 12.0. The highest BCUT2D eigenvalue weighted by molar-refractivity contribution is 9.10. The first-order valence-electron chi connectivity index (χ1n) is 5.68. The Bertz CT molecular complexity index is 562. The van der Waals surface area contributed by atoms with Gasteiger partial charge in [0.2, 0.25) is 0 Å². The van der Waals surface area contributed by atoms with Gasteiger partial charge in [0.1, 0.15) is 5.76 Å². The van der Waals surface area contributed by atoms with Gasteiger partial charge in [0.15, 0.2) is 0 Å². The van der Waals surface area contributed by atoms with Crippen LogP contribution in [0.4, 0.5) is 0 Å². The number of nitrogens with one attached hydrogen (secondary N) is 1. The summed E-state index contributed by atoms with van der Waals surface area (Å²) in [5.41, 5.74) is 1.63. The third-order valence-corrected chi connectivity index (χ3v) is 3.29. The van der Waals surface area contributed by atoms with Crippen molar-refractivity contribution >= 4 is 21.8 Å². The number of amides is 1. The summed E-state index contributed by atoms with van der Waals surface area (Å²) in [6.45, 7) is 3.73. The van der Waals surface area contributed by atoms with Gasteiger partial charge in [-0.1, -0.05) is 28.1 Å². The first-order valence-corrected chi connectivity index (χ1v) is 6.47. The van der Waals surface area contributed by atoms with Gasteiger partial charge in [0, 0.05) is 4.47 Å². The number of halogens is 1. The van der Waals surface area contributed by atoms with E-state index in [0.29, 0.717) is 11.3 Å². The topological polar surface area (TPSA) is 42.2 Å². The molecule has 1 atom stereocenters. The van der Waals surface area contributed by atoms with Crippen LogP contribution < -0.4 is 5.32 Å². The van der Waals surface area contributed by atoms with E-state index in [1.54, 1.807) is 13.0 Å². The van der Waals surface area contributed by atoms with Crippen molar-refractivity contribution in [2.24, 2.45) is 0 Å². The zero-order valence-electron chi connectivity index (χ0n) is 10.2. The van der Waals surface area contributed by atoms with Gasteiger partial charge in [0.05, 0.1) is 17.9 Å². The van der Waals surface area contributed by atoms with E-state index in [9.17, 15) is 4.79 Å². The van der Waals surface area contributed by atoms with E-state index in [1.165, 1.54) is 6.26 Å². The highest BCUT2D eigenvalue weighted by Gasteiger charge is 2.14. The number of carbonyl (C=O) groups is 1. The van der Waals surface area contributed by atoms with E-state index in [0.717, 1.165) is 10.0 Å². The summed E-state index contributed by atoms with van der Waals surface area (Å²) >= 11 is 3.42. The fourth-order valence-corrected chi connectivity index (χ4v) is 2.17. The summed E-state index contributed by atoms with van der Waals surface area (Å²) in [5, 5.41) is 2.95. The Morgan fingerprint density at radius 3 is 2.78 bits per heavy atom. The first kappa shape index (κ1) is 12.9. The number of hydrogen-bond donors (Lipinski definition) is 1. The minimum absolute atomic E-state index is 0.0516. The van der Waals surface area contributed by atoms with E-state index >= 15 is 0 Å². The second-order valence-corrected chi connectivity index (χ2v) is 5.06. The second-order valence-electron chi connectivity index (χ2n) is 4.14. The van der Waals surface area contributed by atoms with Gasteiger partial charge >= 0.3 is 0 Å². The molecule has 0 aliphatic heterocycles. The molecule has 1 N–H and O–H groups in total. The Balaban J connectivity index is 2.10. The third-order valence-electron chi connectivity index (χ3n) is 2.80. The van der Waals surface area contributed by atoms with Crippen LogP contribution in [0, 0.1) is 6.92 Å². The Labute approximate surface area is 114 Å². The van der Waals surface area contributed by atoms with Crippen LogP contribution in [0.3, 0.4) is 0 Å². The molecule has 4 heteroatoms. The predicted molar refractivity (Wildman–Crippen MR) is 73.5 cm³/mol. The molecule has 0 bridgehead atoms. The maximum atomic E-state index is 12.0. The number of furan rings is 1. The summed E-state index contributed by atoms with van der Waals surface area (Å²) in [6, 6.07) is 9.51. The van der Waals surface area contributed by atoms with Crippen LogP contribution in [0.2, 0.25) is 0 Å². The zero-order chi connectivity index (χ0) is 13.1. The molecular formula is C14H14BrNO2. The van der Waals surface area contributed by atoms with Crippen molar-refractivity contribution in [3.05, 3.63) is 58.0 Å². The summed E-state index contributed by atoms with van der Waals surface area (Å²) in [5.74, 6) is 0.516. The van der Waals surface area contributed by atoms with Crippen molar-refractivity contribution in [3.63, 3.8) is 0 Å². The van der Waals surface area contributed by atoms with Crippen molar-refractivity contribution in [3.8, 4) is 0 Å². The number of benzene rings is 1. The van der Waals surface area contributed by atoms with Crippen molar-refractivity contribution in [2.45, 2.75) is 19.9 Å². The molecule has 2 aromatic rings. The average Bonchev–Trinajstić information content (AvgIpc) is 2.75. The van der Waals surface area contributed by atoms with Crippen molar-refractivity contribution in [1.82, 2.24) is 5.32 Å². The van der Waals surface area contributed by atoms with Crippen molar-refractivity contribution in [1.29, 1.82) is 0 Å². The Morgan fingerprint density at radius 2 is 2.17 bits per heavy atom. The molecule has 1 aromatic carbocycles. The van der Waals surface area contributed by atoms with Crippen LogP contribution in [0.15, 0.2) is 45.5 Å². The molecule has 1 aromatic heterocycles. The van der Waals surface area contributed by atoms with Crippen molar-refractivity contribution in [2.75, 3.05) is 0 Å². The van der Waals surface area contributed by atoms with Gasteiger partial charge in [-0.15, -0.1) is 0 Å². The zero-order valence-corrected chi connectivity index (χ0v) is 11.8. The molecule has 0 saturated heterocycles. The molecule has 0 saturated carbocycles. The van der Waals surface area contributed by atoms with Crippen LogP contribution in [0.1, 0.15) is 34.6 Å². The molecule has 0 spiro atoms. The minimum atomic E-state index is -0.117. The standard InChI is InChI=1S/C14H14BrNO2/c1-9(11-4-3-5-12(15)8-11)16-14(17)13-6-7-18-10(13)2/h3-9H,1-2H3,(H,16,17)/t9-/m1/s1. The van der Waals surface area contributed by atoms with E-state index in [4.69, 9.17) is 4.42 Å². The molecule has 1 heterocycles. The van der Waals surface area contributed by atoms with E-state index in [1.807, 2.05) is 31.2 Å².